The third-order valence-electron chi connectivity index (χ3n) is 17.4. The molecule has 0 saturated heterocycles. The average molecular weight is 1340 g/mol. The van der Waals surface area contributed by atoms with Gasteiger partial charge in [-0.3, -0.25) is 37.3 Å². The number of rotatable bonds is 71. The van der Waals surface area contributed by atoms with Gasteiger partial charge in [0.1, 0.15) is 19.3 Å². The molecule has 540 valence electrons. The second-order valence-electron chi connectivity index (χ2n) is 26.5. The van der Waals surface area contributed by atoms with Crippen molar-refractivity contribution in [2.45, 2.75) is 387 Å². The molecule has 0 aromatic heterocycles. The summed E-state index contributed by atoms with van der Waals surface area (Å²) in [6.45, 7) is 9.55. The molecule has 0 amide bonds. The Morgan fingerprint density at radius 2 is 0.527 bits per heavy atom. The van der Waals surface area contributed by atoms with Crippen LogP contribution in [0.15, 0.2) is 0 Å². The lowest BCUT2D eigenvalue weighted by molar-refractivity contribution is -0.161. The zero-order valence-corrected chi connectivity index (χ0v) is 60.9. The van der Waals surface area contributed by atoms with Crippen molar-refractivity contribution in [2.24, 2.45) is 11.8 Å². The van der Waals surface area contributed by atoms with Crippen LogP contribution in [0, 0.1) is 11.8 Å². The predicted octanol–water partition coefficient (Wildman–Crippen LogP) is 20.8. The molecule has 0 bridgehead atoms. The van der Waals surface area contributed by atoms with Crippen LogP contribution in [0.3, 0.4) is 0 Å². The summed E-state index contributed by atoms with van der Waals surface area (Å²) in [5.41, 5.74) is 0. The lowest BCUT2D eigenvalue weighted by Gasteiger charge is -2.21. The Morgan fingerprint density at radius 1 is 0.308 bits per heavy atom. The zero-order valence-electron chi connectivity index (χ0n) is 59.1. The summed E-state index contributed by atoms with van der Waals surface area (Å²) in [6.07, 6.45) is 49.8. The van der Waals surface area contributed by atoms with E-state index in [1.54, 1.807) is 0 Å². The number of hydrogen-bond donors (Lipinski definition) is 3. The average Bonchev–Trinajstić information content (AvgIpc) is 3.74. The molecule has 0 aliphatic rings. The Kier molecular flexibility index (Phi) is 62.7. The fraction of sp³-hybridized carbons (Fsp3) is 0.944. The summed E-state index contributed by atoms with van der Waals surface area (Å²) >= 11 is 0. The summed E-state index contributed by atoms with van der Waals surface area (Å²) < 4.78 is 68.4. The van der Waals surface area contributed by atoms with Gasteiger partial charge in [-0.25, -0.2) is 9.13 Å². The van der Waals surface area contributed by atoms with E-state index in [0.29, 0.717) is 25.7 Å². The molecule has 0 aromatic rings. The number of carbonyl (C=O) groups is 4. The highest BCUT2D eigenvalue weighted by atomic mass is 31.2. The highest BCUT2D eigenvalue weighted by Gasteiger charge is 2.30. The number of carbonyl (C=O) groups excluding carboxylic acids is 4. The molecule has 19 heteroatoms. The number of hydrogen-bond acceptors (Lipinski definition) is 15. The molecule has 0 rings (SSSR count). The number of phosphoric acid groups is 2. The molecule has 0 fully saturated rings. The van der Waals surface area contributed by atoms with Gasteiger partial charge in [-0.05, 0) is 37.5 Å². The van der Waals surface area contributed by atoms with Crippen molar-refractivity contribution in [2.75, 3.05) is 39.6 Å². The lowest BCUT2D eigenvalue weighted by Crippen LogP contribution is -2.30. The minimum Gasteiger partial charge on any atom is -0.462 e. The number of ether oxygens (including phenoxy) is 4. The quantitative estimate of drug-likeness (QED) is 0.0222. The van der Waals surface area contributed by atoms with Crippen LogP contribution in [0.5, 0.6) is 0 Å². The van der Waals surface area contributed by atoms with Crippen LogP contribution in [0.4, 0.5) is 0 Å². The molecular weight excluding hydrogens is 1200 g/mol. The number of aliphatic hydroxyl groups is 1. The van der Waals surface area contributed by atoms with E-state index >= 15 is 0 Å². The Morgan fingerprint density at radius 3 is 0.780 bits per heavy atom. The zero-order chi connectivity index (χ0) is 67.2. The molecule has 0 aliphatic heterocycles. The molecular formula is C72H140O17P2. The fourth-order valence-electron chi connectivity index (χ4n) is 10.9. The standard InChI is InChI=1S/C72H140O17P2/c1-7-11-13-15-17-19-21-22-23-24-25-27-33-37-45-51-57-72(77)88-67(60-82-69(74)54-48-42-35-31-29-28-30-34-40-46-52-64(5)9-3)62-86-90(78,79)84-58-66(73)59-85-91(80,81)87-63-68(61-83-70(75)55-49-43-39-38-41-47-53-65(6)10-4)89-71(76)56-50-44-36-32-26-20-18-16-14-12-8-2/h64-68,73H,7-63H2,1-6H3,(H,78,79)(H,80,81)/t64?,65?,66-,67-,68-/m1/s1. The second-order valence-corrected chi connectivity index (χ2v) is 29.4. The molecule has 3 N–H and O–H groups in total. The van der Waals surface area contributed by atoms with Gasteiger partial charge in [0, 0.05) is 25.7 Å². The van der Waals surface area contributed by atoms with Crippen molar-refractivity contribution in [1.82, 2.24) is 0 Å². The summed E-state index contributed by atoms with van der Waals surface area (Å²) in [5, 5.41) is 10.6. The van der Waals surface area contributed by atoms with Crippen molar-refractivity contribution < 1.29 is 80.2 Å². The third-order valence-corrected chi connectivity index (χ3v) is 19.3. The van der Waals surface area contributed by atoms with E-state index < -0.39 is 97.5 Å². The maximum atomic E-state index is 13.0. The van der Waals surface area contributed by atoms with E-state index in [9.17, 15) is 43.2 Å². The summed E-state index contributed by atoms with van der Waals surface area (Å²) in [6, 6.07) is 0. The van der Waals surface area contributed by atoms with Gasteiger partial charge < -0.3 is 33.8 Å². The van der Waals surface area contributed by atoms with E-state index in [-0.39, 0.29) is 25.7 Å². The number of esters is 4. The first-order chi connectivity index (χ1) is 43.9. The molecule has 0 heterocycles. The van der Waals surface area contributed by atoms with Crippen molar-refractivity contribution in [3.05, 3.63) is 0 Å². The predicted molar refractivity (Wildman–Crippen MR) is 368 cm³/mol. The molecule has 0 saturated carbocycles. The van der Waals surface area contributed by atoms with Gasteiger partial charge in [0.25, 0.3) is 0 Å². The molecule has 7 atom stereocenters. The Labute approximate surface area is 556 Å². The minimum atomic E-state index is -4.95. The highest BCUT2D eigenvalue weighted by molar-refractivity contribution is 7.47. The van der Waals surface area contributed by atoms with E-state index in [1.165, 1.54) is 180 Å². The van der Waals surface area contributed by atoms with E-state index in [0.717, 1.165) is 108 Å². The molecule has 0 aromatic carbocycles. The van der Waals surface area contributed by atoms with Crippen molar-refractivity contribution in [3.8, 4) is 0 Å². The first-order valence-corrected chi connectivity index (χ1v) is 40.6. The Hall–Kier alpha value is -1.94. The van der Waals surface area contributed by atoms with Gasteiger partial charge in [0.2, 0.25) is 0 Å². The van der Waals surface area contributed by atoms with Crippen LogP contribution < -0.4 is 0 Å². The summed E-state index contributed by atoms with van der Waals surface area (Å²) in [5.74, 6) is -0.580. The Balaban J connectivity index is 5.25. The maximum absolute atomic E-state index is 13.0. The highest BCUT2D eigenvalue weighted by Crippen LogP contribution is 2.45. The van der Waals surface area contributed by atoms with Gasteiger partial charge in [-0.2, -0.15) is 0 Å². The third kappa shape index (κ3) is 63.9. The first-order valence-electron chi connectivity index (χ1n) is 37.6. The second kappa shape index (κ2) is 64.1. The van der Waals surface area contributed by atoms with E-state index in [1.807, 2.05) is 0 Å². The molecule has 0 radical (unpaired) electrons. The SMILES string of the molecule is CCCCCCCCCCCCCCCCCCC(=O)O[C@H](COC(=O)CCCCCCCCCCCCC(C)CC)COP(=O)(O)OC[C@@H](O)COP(=O)(O)OC[C@@H](COC(=O)CCCCCCCCC(C)CC)OC(=O)CCCCCCCCCCCCC. The van der Waals surface area contributed by atoms with Gasteiger partial charge in [0.05, 0.1) is 26.4 Å². The van der Waals surface area contributed by atoms with Gasteiger partial charge in [-0.15, -0.1) is 0 Å². The largest absolute Gasteiger partial charge is 0.472 e. The van der Waals surface area contributed by atoms with Crippen molar-refractivity contribution in [1.29, 1.82) is 0 Å². The van der Waals surface area contributed by atoms with Crippen LogP contribution >= 0.6 is 15.6 Å². The fourth-order valence-corrected chi connectivity index (χ4v) is 12.5. The summed E-state index contributed by atoms with van der Waals surface area (Å²) in [4.78, 5) is 72.6. The van der Waals surface area contributed by atoms with Crippen LogP contribution in [0.25, 0.3) is 0 Å². The van der Waals surface area contributed by atoms with Gasteiger partial charge >= 0.3 is 39.5 Å². The molecule has 17 nitrogen and oxygen atoms in total. The van der Waals surface area contributed by atoms with E-state index in [4.69, 9.17) is 37.0 Å². The van der Waals surface area contributed by atoms with E-state index in [2.05, 4.69) is 41.5 Å². The van der Waals surface area contributed by atoms with Crippen molar-refractivity contribution in [3.63, 3.8) is 0 Å². The van der Waals surface area contributed by atoms with Crippen molar-refractivity contribution >= 4 is 39.5 Å². The minimum absolute atomic E-state index is 0.106. The normalized spacial score (nSPS) is 14.7. The smallest absolute Gasteiger partial charge is 0.462 e. The van der Waals surface area contributed by atoms with Crippen LogP contribution in [0.1, 0.15) is 369 Å². The monoisotopic (exact) mass is 1340 g/mol. The molecule has 0 aliphatic carbocycles. The maximum Gasteiger partial charge on any atom is 0.472 e. The topological polar surface area (TPSA) is 237 Å². The molecule has 91 heavy (non-hydrogen) atoms. The molecule has 0 spiro atoms. The van der Waals surface area contributed by atoms with Crippen LogP contribution in [-0.2, 0) is 65.4 Å². The number of phosphoric ester groups is 2. The lowest BCUT2D eigenvalue weighted by atomic mass is 9.99. The van der Waals surface area contributed by atoms with Crippen LogP contribution in [0.2, 0.25) is 0 Å². The molecule has 4 unspecified atom stereocenters. The first kappa shape index (κ1) is 89.1. The Bertz CT molecular complexity index is 1770. The number of aliphatic hydroxyl groups excluding tert-OH is 1. The summed E-state index contributed by atoms with van der Waals surface area (Å²) in [7, 11) is -9.90. The van der Waals surface area contributed by atoms with Gasteiger partial charge in [0.15, 0.2) is 12.2 Å². The van der Waals surface area contributed by atoms with Gasteiger partial charge in [-0.1, -0.05) is 318 Å². The van der Waals surface area contributed by atoms with Crippen LogP contribution in [-0.4, -0.2) is 96.7 Å². The number of unbranched alkanes of at least 4 members (excludes halogenated alkanes) is 39.